The number of ether oxygens (including phenoxy) is 1. The van der Waals surface area contributed by atoms with E-state index in [1.807, 2.05) is 4.90 Å². The number of piperazine rings is 1. The minimum atomic E-state index is -3.53. The van der Waals surface area contributed by atoms with Gasteiger partial charge in [0.25, 0.3) is 0 Å². The number of urea groups is 1. The molecule has 2 aliphatic heterocycles. The number of carbonyl (C=O) groups is 1. The van der Waals surface area contributed by atoms with Crippen LogP contribution in [0, 0.1) is 0 Å². The lowest BCUT2D eigenvalue weighted by Gasteiger charge is -2.38. The molecule has 3 rings (SSSR count). The molecule has 7 nitrogen and oxygen atoms in total. The van der Waals surface area contributed by atoms with E-state index in [9.17, 15) is 13.2 Å². The first-order valence-corrected chi connectivity index (χ1v) is 10.1. The SMILES string of the molecule is COc1ccc(S(=O)(=O)N2CCN(C(=O)N3CCCCC3)CC2)cc1. The summed E-state index contributed by atoms with van der Waals surface area (Å²) in [6.45, 7) is 3.14. The van der Waals surface area contributed by atoms with E-state index < -0.39 is 10.0 Å². The van der Waals surface area contributed by atoms with Crippen LogP contribution in [-0.4, -0.2) is 74.9 Å². The topological polar surface area (TPSA) is 70.2 Å². The highest BCUT2D eigenvalue weighted by Crippen LogP contribution is 2.21. The van der Waals surface area contributed by atoms with Gasteiger partial charge in [-0.25, -0.2) is 13.2 Å². The van der Waals surface area contributed by atoms with Crippen LogP contribution >= 0.6 is 0 Å². The van der Waals surface area contributed by atoms with Crippen molar-refractivity contribution in [3.05, 3.63) is 24.3 Å². The van der Waals surface area contributed by atoms with Gasteiger partial charge in [-0.2, -0.15) is 4.31 Å². The molecule has 0 bridgehead atoms. The number of carbonyl (C=O) groups excluding carboxylic acids is 1. The van der Waals surface area contributed by atoms with E-state index in [1.165, 1.54) is 10.7 Å². The average molecular weight is 367 g/mol. The van der Waals surface area contributed by atoms with Gasteiger partial charge in [-0.05, 0) is 43.5 Å². The summed E-state index contributed by atoms with van der Waals surface area (Å²) in [4.78, 5) is 16.4. The Morgan fingerprint density at radius 2 is 1.44 bits per heavy atom. The Hall–Kier alpha value is -1.80. The molecule has 0 aromatic heterocycles. The number of rotatable bonds is 3. The molecule has 0 radical (unpaired) electrons. The Morgan fingerprint density at radius 1 is 0.880 bits per heavy atom. The minimum Gasteiger partial charge on any atom is -0.497 e. The first-order chi connectivity index (χ1) is 12.0. The van der Waals surface area contributed by atoms with Crippen molar-refractivity contribution in [2.24, 2.45) is 0 Å². The maximum Gasteiger partial charge on any atom is 0.320 e. The fraction of sp³-hybridized carbons (Fsp3) is 0.588. The number of hydrogen-bond acceptors (Lipinski definition) is 4. The fourth-order valence-electron chi connectivity index (χ4n) is 3.30. The summed E-state index contributed by atoms with van der Waals surface area (Å²) in [6.07, 6.45) is 3.28. The van der Waals surface area contributed by atoms with E-state index in [0.717, 1.165) is 25.9 Å². The van der Waals surface area contributed by atoms with Crippen molar-refractivity contribution in [3.63, 3.8) is 0 Å². The Kier molecular flexibility index (Phi) is 5.48. The summed E-state index contributed by atoms with van der Waals surface area (Å²) in [5.74, 6) is 0.621. The second kappa shape index (κ2) is 7.61. The minimum absolute atomic E-state index is 0.0428. The summed E-state index contributed by atoms with van der Waals surface area (Å²) < 4.78 is 32.0. The van der Waals surface area contributed by atoms with E-state index in [-0.39, 0.29) is 10.9 Å². The third-order valence-electron chi connectivity index (χ3n) is 4.83. The standard InChI is InChI=1S/C17H25N3O4S/c1-24-15-5-7-16(8-6-15)25(22,23)20-13-11-19(12-14-20)17(21)18-9-3-2-4-10-18/h5-8H,2-4,9-14H2,1H3. The van der Waals surface area contributed by atoms with E-state index in [1.54, 1.807) is 36.3 Å². The van der Waals surface area contributed by atoms with Gasteiger partial charge in [0.15, 0.2) is 0 Å². The zero-order valence-corrected chi connectivity index (χ0v) is 15.4. The van der Waals surface area contributed by atoms with Crippen molar-refractivity contribution in [2.45, 2.75) is 24.2 Å². The first kappa shape index (κ1) is 18.0. The molecular formula is C17H25N3O4S. The highest BCUT2D eigenvalue weighted by molar-refractivity contribution is 7.89. The van der Waals surface area contributed by atoms with Crippen LogP contribution in [0.1, 0.15) is 19.3 Å². The van der Waals surface area contributed by atoms with Crippen molar-refractivity contribution in [2.75, 3.05) is 46.4 Å². The molecule has 0 saturated carbocycles. The van der Waals surface area contributed by atoms with E-state index in [2.05, 4.69) is 0 Å². The number of nitrogens with zero attached hydrogens (tertiary/aromatic N) is 3. The van der Waals surface area contributed by atoms with Crippen molar-refractivity contribution in [1.82, 2.24) is 14.1 Å². The molecule has 138 valence electrons. The molecule has 2 saturated heterocycles. The predicted molar refractivity (Wildman–Crippen MR) is 94.1 cm³/mol. The lowest BCUT2D eigenvalue weighted by Crippen LogP contribution is -2.54. The fourth-order valence-corrected chi connectivity index (χ4v) is 4.72. The molecular weight excluding hydrogens is 342 g/mol. The quantitative estimate of drug-likeness (QED) is 0.814. The van der Waals surface area contributed by atoms with Crippen LogP contribution < -0.4 is 4.74 Å². The van der Waals surface area contributed by atoms with Gasteiger partial charge in [0.1, 0.15) is 5.75 Å². The molecule has 0 atom stereocenters. The number of hydrogen-bond donors (Lipinski definition) is 0. The van der Waals surface area contributed by atoms with Gasteiger partial charge >= 0.3 is 6.03 Å². The smallest absolute Gasteiger partial charge is 0.320 e. The molecule has 2 heterocycles. The molecule has 0 N–H and O–H groups in total. The summed E-state index contributed by atoms with van der Waals surface area (Å²) in [7, 11) is -1.99. The number of piperidine rings is 1. The molecule has 2 aliphatic rings. The van der Waals surface area contributed by atoms with E-state index in [0.29, 0.717) is 31.9 Å². The van der Waals surface area contributed by atoms with Crippen molar-refractivity contribution >= 4 is 16.1 Å². The van der Waals surface area contributed by atoms with Crippen LogP contribution in [0.25, 0.3) is 0 Å². The van der Waals surface area contributed by atoms with Crippen LogP contribution in [0.2, 0.25) is 0 Å². The monoisotopic (exact) mass is 367 g/mol. The average Bonchev–Trinajstić information content (AvgIpc) is 2.68. The summed E-state index contributed by atoms with van der Waals surface area (Å²) in [5, 5.41) is 0. The molecule has 25 heavy (non-hydrogen) atoms. The lowest BCUT2D eigenvalue weighted by atomic mass is 10.1. The maximum atomic E-state index is 12.7. The van der Waals surface area contributed by atoms with Crippen LogP contribution in [0.5, 0.6) is 5.75 Å². The van der Waals surface area contributed by atoms with Crippen molar-refractivity contribution < 1.29 is 17.9 Å². The van der Waals surface area contributed by atoms with Gasteiger partial charge in [0.05, 0.1) is 12.0 Å². The number of methoxy groups -OCH3 is 1. The molecule has 1 aromatic rings. The van der Waals surface area contributed by atoms with Crippen LogP contribution in [0.4, 0.5) is 4.79 Å². The molecule has 0 spiro atoms. The summed E-state index contributed by atoms with van der Waals surface area (Å²) in [5.41, 5.74) is 0. The van der Waals surface area contributed by atoms with Crippen molar-refractivity contribution in [3.8, 4) is 5.75 Å². The normalized spacial score (nSPS) is 19.7. The highest BCUT2D eigenvalue weighted by Gasteiger charge is 2.31. The lowest BCUT2D eigenvalue weighted by molar-refractivity contribution is 0.126. The Balaban J connectivity index is 1.61. The van der Waals surface area contributed by atoms with Crippen LogP contribution in [0.3, 0.4) is 0 Å². The Bertz CT molecular complexity index is 691. The van der Waals surface area contributed by atoms with E-state index in [4.69, 9.17) is 4.74 Å². The molecule has 0 aliphatic carbocycles. The summed E-state index contributed by atoms with van der Waals surface area (Å²) in [6, 6.07) is 6.44. The van der Waals surface area contributed by atoms with Gasteiger partial charge in [0, 0.05) is 39.3 Å². The van der Waals surface area contributed by atoms with Gasteiger partial charge in [0.2, 0.25) is 10.0 Å². The second-order valence-electron chi connectivity index (χ2n) is 6.40. The number of benzene rings is 1. The zero-order valence-electron chi connectivity index (χ0n) is 14.6. The third-order valence-corrected chi connectivity index (χ3v) is 6.75. The molecule has 0 unspecified atom stereocenters. The third kappa shape index (κ3) is 3.90. The number of amides is 2. The largest absolute Gasteiger partial charge is 0.497 e. The molecule has 1 aromatic carbocycles. The number of sulfonamides is 1. The van der Waals surface area contributed by atoms with Crippen LogP contribution in [-0.2, 0) is 10.0 Å². The van der Waals surface area contributed by atoms with Crippen molar-refractivity contribution in [1.29, 1.82) is 0 Å². The first-order valence-electron chi connectivity index (χ1n) is 8.70. The maximum absolute atomic E-state index is 12.7. The molecule has 2 fully saturated rings. The van der Waals surface area contributed by atoms with Gasteiger partial charge in [-0.1, -0.05) is 0 Å². The highest BCUT2D eigenvalue weighted by atomic mass is 32.2. The number of likely N-dealkylation sites (tertiary alicyclic amines) is 1. The van der Waals surface area contributed by atoms with Gasteiger partial charge in [-0.3, -0.25) is 0 Å². The Morgan fingerprint density at radius 3 is 2.00 bits per heavy atom. The Labute approximate surface area is 149 Å². The zero-order chi connectivity index (χ0) is 17.9. The van der Waals surface area contributed by atoms with Gasteiger partial charge in [-0.15, -0.1) is 0 Å². The second-order valence-corrected chi connectivity index (χ2v) is 8.33. The molecule has 2 amide bonds. The molecule has 8 heteroatoms. The predicted octanol–water partition coefficient (Wildman–Crippen LogP) is 1.61. The van der Waals surface area contributed by atoms with Crippen LogP contribution in [0.15, 0.2) is 29.2 Å². The summed E-state index contributed by atoms with van der Waals surface area (Å²) >= 11 is 0. The van der Waals surface area contributed by atoms with Gasteiger partial charge < -0.3 is 14.5 Å². The van der Waals surface area contributed by atoms with E-state index >= 15 is 0 Å².